The molecule has 0 saturated heterocycles. The summed E-state index contributed by atoms with van der Waals surface area (Å²) in [5.41, 5.74) is 7.51. The normalized spacial score (nSPS) is 11.9. The Morgan fingerprint density at radius 3 is 1.43 bits per heavy atom. The second-order valence-corrected chi connectivity index (χ2v) is 14.2. The maximum atomic E-state index is 2.41. The van der Waals surface area contributed by atoms with E-state index in [2.05, 4.69) is 158 Å². The van der Waals surface area contributed by atoms with Gasteiger partial charge in [-0.25, -0.2) is 0 Å². The Balaban J connectivity index is 1.08. The number of hydrogen-bond donors (Lipinski definition) is 0. The molecule has 0 radical (unpaired) electrons. The van der Waals surface area contributed by atoms with Gasteiger partial charge in [0, 0.05) is 20.2 Å². The lowest BCUT2D eigenvalue weighted by Crippen LogP contribution is -1.87. The summed E-state index contributed by atoms with van der Waals surface area (Å²) in [6.45, 7) is 0. The first-order valence-corrected chi connectivity index (χ1v) is 17.3. The minimum atomic E-state index is 1.24. The Hall–Kier alpha value is -5.28. The summed E-state index contributed by atoms with van der Waals surface area (Å²) >= 11 is 3.87. The van der Waals surface area contributed by atoms with Crippen LogP contribution in [0.25, 0.3) is 95.3 Å². The number of fused-ring (bicyclic) bond motifs is 8. The third-order valence-corrected chi connectivity index (χ3v) is 11.9. The summed E-state index contributed by atoms with van der Waals surface area (Å²) in [4.78, 5) is 0. The first-order valence-electron chi connectivity index (χ1n) is 15.7. The zero-order valence-electron chi connectivity index (χ0n) is 24.8. The summed E-state index contributed by atoms with van der Waals surface area (Å²) in [7, 11) is 0. The van der Waals surface area contributed by atoms with Gasteiger partial charge in [0.05, 0.1) is 9.40 Å². The van der Waals surface area contributed by atoms with Gasteiger partial charge in [-0.05, 0) is 96.0 Å². The fourth-order valence-electron chi connectivity index (χ4n) is 7.13. The summed E-state index contributed by atoms with van der Waals surface area (Å²) in [6, 6.07) is 58.2. The number of benzene rings is 8. The molecule has 46 heavy (non-hydrogen) atoms. The van der Waals surface area contributed by atoms with Crippen molar-refractivity contribution in [2.75, 3.05) is 0 Å². The topological polar surface area (TPSA) is 0 Å². The van der Waals surface area contributed by atoms with Crippen molar-refractivity contribution in [1.82, 2.24) is 0 Å². The van der Waals surface area contributed by atoms with Crippen molar-refractivity contribution >= 4 is 84.6 Å². The Morgan fingerprint density at radius 2 is 0.761 bits per heavy atom. The largest absolute Gasteiger partial charge is 0.134 e. The molecule has 10 aromatic rings. The molecule has 0 atom stereocenters. The van der Waals surface area contributed by atoms with E-state index < -0.39 is 0 Å². The smallest absolute Gasteiger partial charge is 0.0542 e. The van der Waals surface area contributed by atoms with Crippen LogP contribution in [0.4, 0.5) is 0 Å². The summed E-state index contributed by atoms with van der Waals surface area (Å²) in [5, 5.41) is 10.5. The van der Waals surface area contributed by atoms with Crippen molar-refractivity contribution in [3.05, 3.63) is 158 Å². The molecule has 0 aliphatic carbocycles. The van der Waals surface area contributed by atoms with Crippen molar-refractivity contribution in [3.8, 4) is 33.4 Å². The lowest BCUT2D eigenvalue weighted by Gasteiger charge is -2.13. The lowest BCUT2D eigenvalue weighted by atomic mass is 9.91. The van der Waals surface area contributed by atoms with Crippen molar-refractivity contribution in [1.29, 1.82) is 0 Å². The molecule has 2 heterocycles. The van der Waals surface area contributed by atoms with Crippen LogP contribution in [0.2, 0.25) is 0 Å². The number of rotatable bonds is 3. The predicted molar refractivity (Wildman–Crippen MR) is 204 cm³/mol. The quantitative estimate of drug-likeness (QED) is 0.185. The molecule has 8 aromatic carbocycles. The van der Waals surface area contributed by atoms with Crippen molar-refractivity contribution < 1.29 is 0 Å². The maximum absolute atomic E-state index is 2.41. The average molecular weight is 619 g/mol. The molecule has 0 bridgehead atoms. The van der Waals surface area contributed by atoms with E-state index in [1.165, 1.54) is 95.3 Å². The van der Waals surface area contributed by atoms with E-state index in [-0.39, 0.29) is 0 Å². The fourth-order valence-corrected chi connectivity index (χ4v) is 9.83. The van der Waals surface area contributed by atoms with Gasteiger partial charge in [0.15, 0.2) is 0 Å². The van der Waals surface area contributed by atoms with Gasteiger partial charge in [-0.2, -0.15) is 0 Å². The highest BCUT2D eigenvalue weighted by Gasteiger charge is 2.15. The van der Waals surface area contributed by atoms with Crippen LogP contribution in [0, 0.1) is 0 Å². The fraction of sp³-hybridized carbons (Fsp3) is 0. The molecule has 0 aliphatic rings. The van der Waals surface area contributed by atoms with E-state index in [0.29, 0.717) is 0 Å². The SMILES string of the molecule is c1ccc(-c2ccc(-c3ccc(-c4ccc5cc6c(cc5c4)sc4c5cc7ccccc7cc5sc64)c4ccccc34)cc2)cc1. The predicted octanol–water partition coefficient (Wildman–Crippen LogP) is 13.7. The zero-order chi connectivity index (χ0) is 30.2. The van der Waals surface area contributed by atoms with Crippen LogP contribution in [0.5, 0.6) is 0 Å². The number of hydrogen-bond acceptors (Lipinski definition) is 2. The Kier molecular flexibility index (Phi) is 5.72. The average Bonchev–Trinajstić information content (AvgIpc) is 3.64. The van der Waals surface area contributed by atoms with Crippen LogP contribution in [0.3, 0.4) is 0 Å². The van der Waals surface area contributed by atoms with Gasteiger partial charge in [-0.3, -0.25) is 0 Å². The second kappa shape index (κ2) is 10.1. The van der Waals surface area contributed by atoms with Crippen molar-refractivity contribution in [2.24, 2.45) is 0 Å². The monoisotopic (exact) mass is 618 g/mol. The van der Waals surface area contributed by atoms with Gasteiger partial charge in [0.2, 0.25) is 0 Å². The van der Waals surface area contributed by atoms with Crippen LogP contribution in [0.15, 0.2) is 158 Å². The zero-order valence-corrected chi connectivity index (χ0v) is 26.5. The Morgan fingerprint density at radius 1 is 0.283 bits per heavy atom. The minimum absolute atomic E-state index is 1.24. The highest BCUT2D eigenvalue weighted by molar-refractivity contribution is 7.36. The first-order chi connectivity index (χ1) is 22.8. The molecule has 0 spiro atoms. The van der Waals surface area contributed by atoms with Crippen LogP contribution < -0.4 is 0 Å². The van der Waals surface area contributed by atoms with Crippen LogP contribution >= 0.6 is 22.7 Å². The van der Waals surface area contributed by atoms with Gasteiger partial charge in [-0.1, -0.05) is 127 Å². The van der Waals surface area contributed by atoms with E-state index in [1.807, 2.05) is 22.7 Å². The van der Waals surface area contributed by atoms with Crippen molar-refractivity contribution in [2.45, 2.75) is 0 Å². The molecule has 0 nitrogen and oxygen atoms in total. The van der Waals surface area contributed by atoms with E-state index in [0.717, 1.165) is 0 Å². The van der Waals surface area contributed by atoms with Crippen LogP contribution in [0.1, 0.15) is 0 Å². The first kappa shape index (κ1) is 26.0. The molecule has 2 aromatic heterocycles. The second-order valence-electron chi connectivity index (χ2n) is 12.1. The Bertz CT molecular complexity index is 2780. The van der Waals surface area contributed by atoms with Gasteiger partial charge in [0.1, 0.15) is 0 Å². The molecule has 214 valence electrons. The van der Waals surface area contributed by atoms with Gasteiger partial charge in [-0.15, -0.1) is 22.7 Å². The summed E-state index contributed by atoms with van der Waals surface area (Å²) in [6.07, 6.45) is 0. The molecule has 2 heteroatoms. The number of thiophene rings is 2. The maximum Gasteiger partial charge on any atom is 0.0542 e. The molecule has 0 fully saturated rings. The van der Waals surface area contributed by atoms with Gasteiger partial charge in [0.25, 0.3) is 0 Å². The van der Waals surface area contributed by atoms with E-state index in [4.69, 9.17) is 0 Å². The molecule has 0 aliphatic heterocycles. The molecule has 0 amide bonds. The van der Waals surface area contributed by atoms with E-state index in [9.17, 15) is 0 Å². The third-order valence-electron chi connectivity index (χ3n) is 9.44. The standard InChI is InChI=1S/C44H26S2/c1-2-8-27(9-3-1)28-14-16-29(17-15-28)35-20-21-36(38-13-7-6-12-37(35)38)33-19-18-32-24-40-42(26-34(32)22-33)46-43-39-23-30-10-4-5-11-31(30)25-41(39)45-44(40)43/h1-26H. The van der Waals surface area contributed by atoms with Crippen molar-refractivity contribution in [3.63, 3.8) is 0 Å². The molecular formula is C44H26S2. The summed E-state index contributed by atoms with van der Waals surface area (Å²) < 4.78 is 5.56. The molecular weight excluding hydrogens is 593 g/mol. The lowest BCUT2D eigenvalue weighted by molar-refractivity contribution is 1.60. The van der Waals surface area contributed by atoms with Gasteiger partial charge < -0.3 is 0 Å². The van der Waals surface area contributed by atoms with Crippen LogP contribution in [-0.2, 0) is 0 Å². The minimum Gasteiger partial charge on any atom is -0.134 e. The molecule has 0 N–H and O–H groups in total. The molecule has 10 rings (SSSR count). The van der Waals surface area contributed by atoms with Crippen LogP contribution in [-0.4, -0.2) is 0 Å². The van der Waals surface area contributed by atoms with E-state index in [1.54, 1.807) is 0 Å². The molecule has 0 unspecified atom stereocenters. The summed E-state index contributed by atoms with van der Waals surface area (Å²) in [5.74, 6) is 0. The van der Waals surface area contributed by atoms with E-state index >= 15 is 0 Å². The third kappa shape index (κ3) is 4.04. The molecule has 0 saturated carbocycles. The highest BCUT2D eigenvalue weighted by atomic mass is 32.1. The van der Waals surface area contributed by atoms with Gasteiger partial charge >= 0.3 is 0 Å². The Labute approximate surface area is 274 Å². The highest BCUT2D eigenvalue weighted by Crippen LogP contribution is 2.46.